The van der Waals surface area contributed by atoms with E-state index < -0.39 is 0 Å². The summed E-state index contributed by atoms with van der Waals surface area (Å²) in [6.07, 6.45) is 6.00. The molecule has 0 amide bonds. The van der Waals surface area contributed by atoms with Gasteiger partial charge in [0.05, 0.1) is 25.3 Å². The molecule has 1 fully saturated rings. The van der Waals surface area contributed by atoms with E-state index in [1.807, 2.05) is 0 Å². The van der Waals surface area contributed by atoms with Crippen molar-refractivity contribution in [3.8, 4) is 17.6 Å². The lowest BCUT2D eigenvalue weighted by molar-refractivity contribution is 0.103. The third-order valence-electron chi connectivity index (χ3n) is 4.17. The molecule has 0 saturated heterocycles. The fourth-order valence-corrected chi connectivity index (χ4v) is 2.80. The van der Waals surface area contributed by atoms with E-state index in [9.17, 15) is 0 Å². The maximum absolute atomic E-state index is 8.90. The normalized spacial score (nSPS) is 17.2. The zero-order valence-electron chi connectivity index (χ0n) is 12.0. The van der Waals surface area contributed by atoms with Gasteiger partial charge in [-0.25, -0.2) is 0 Å². The van der Waals surface area contributed by atoms with Crippen LogP contribution >= 0.6 is 0 Å². The summed E-state index contributed by atoms with van der Waals surface area (Å²) >= 11 is 0. The van der Waals surface area contributed by atoms with Gasteiger partial charge in [-0.1, -0.05) is 19.3 Å². The highest BCUT2D eigenvalue weighted by Crippen LogP contribution is 2.37. The number of ether oxygens (including phenoxy) is 2. The number of methoxy groups -OCH3 is 1. The molecular formula is C16H22N2O2. The molecule has 0 heterocycles. The number of nitrogens with two attached hydrogens (primary N) is 1. The Hall–Kier alpha value is -1.73. The van der Waals surface area contributed by atoms with Crippen LogP contribution in [-0.2, 0) is 0 Å². The number of rotatable bonds is 5. The standard InChI is InChI=1S/C16H22N2O2/c1-19-15-9-13(10-17)5-6-14(15)20-12-16(11-18)7-3-2-4-8-16/h5-6,9H,2-4,7-8,11-12,18H2,1H3. The quantitative estimate of drug-likeness (QED) is 0.896. The Balaban J connectivity index is 2.08. The highest BCUT2D eigenvalue weighted by Gasteiger charge is 2.31. The molecule has 0 radical (unpaired) electrons. The van der Waals surface area contributed by atoms with Crippen LogP contribution in [0, 0.1) is 16.7 Å². The van der Waals surface area contributed by atoms with E-state index >= 15 is 0 Å². The molecule has 4 nitrogen and oxygen atoms in total. The first-order chi connectivity index (χ1) is 9.73. The van der Waals surface area contributed by atoms with Crippen molar-refractivity contribution < 1.29 is 9.47 Å². The molecule has 0 bridgehead atoms. The van der Waals surface area contributed by atoms with Crippen molar-refractivity contribution >= 4 is 0 Å². The highest BCUT2D eigenvalue weighted by molar-refractivity contribution is 5.46. The zero-order valence-corrected chi connectivity index (χ0v) is 12.0. The predicted molar refractivity (Wildman–Crippen MR) is 77.8 cm³/mol. The van der Waals surface area contributed by atoms with E-state index in [2.05, 4.69) is 6.07 Å². The van der Waals surface area contributed by atoms with Crippen molar-refractivity contribution in [1.82, 2.24) is 0 Å². The van der Waals surface area contributed by atoms with E-state index in [1.54, 1.807) is 25.3 Å². The van der Waals surface area contributed by atoms with Gasteiger partial charge in [0.15, 0.2) is 11.5 Å². The first kappa shape index (κ1) is 14.7. The Morgan fingerprint density at radius 2 is 2.00 bits per heavy atom. The minimum atomic E-state index is 0.0944. The molecule has 0 spiro atoms. The topological polar surface area (TPSA) is 68.3 Å². The predicted octanol–water partition coefficient (Wildman–Crippen LogP) is 2.85. The number of benzene rings is 1. The largest absolute Gasteiger partial charge is 0.493 e. The van der Waals surface area contributed by atoms with Crippen LogP contribution in [0.25, 0.3) is 0 Å². The van der Waals surface area contributed by atoms with E-state index in [0.717, 1.165) is 12.8 Å². The van der Waals surface area contributed by atoms with Gasteiger partial charge in [-0.15, -0.1) is 0 Å². The Morgan fingerprint density at radius 3 is 2.60 bits per heavy atom. The van der Waals surface area contributed by atoms with Crippen LogP contribution in [0.3, 0.4) is 0 Å². The molecule has 0 aromatic heterocycles. The molecule has 2 N–H and O–H groups in total. The third-order valence-corrected chi connectivity index (χ3v) is 4.17. The monoisotopic (exact) mass is 274 g/mol. The summed E-state index contributed by atoms with van der Waals surface area (Å²) in [6.45, 7) is 1.28. The van der Waals surface area contributed by atoms with E-state index in [4.69, 9.17) is 20.5 Å². The molecule has 0 unspecified atom stereocenters. The Kier molecular flexibility index (Phi) is 4.86. The van der Waals surface area contributed by atoms with E-state index in [-0.39, 0.29) is 5.41 Å². The molecule has 0 atom stereocenters. The lowest BCUT2D eigenvalue weighted by atomic mass is 9.75. The summed E-state index contributed by atoms with van der Waals surface area (Å²) in [5, 5.41) is 8.90. The lowest BCUT2D eigenvalue weighted by Gasteiger charge is -2.35. The van der Waals surface area contributed by atoms with Crippen molar-refractivity contribution in [1.29, 1.82) is 5.26 Å². The summed E-state index contributed by atoms with van der Waals surface area (Å²) in [4.78, 5) is 0. The van der Waals surface area contributed by atoms with Gasteiger partial charge < -0.3 is 15.2 Å². The summed E-state index contributed by atoms with van der Waals surface area (Å²) < 4.78 is 11.2. The first-order valence-corrected chi connectivity index (χ1v) is 7.14. The molecule has 1 aromatic rings. The van der Waals surface area contributed by atoms with Crippen molar-refractivity contribution in [2.45, 2.75) is 32.1 Å². The maximum atomic E-state index is 8.90. The zero-order chi connectivity index (χ0) is 14.4. The Morgan fingerprint density at radius 1 is 1.25 bits per heavy atom. The SMILES string of the molecule is COc1cc(C#N)ccc1OCC1(CN)CCCCC1. The second-order valence-corrected chi connectivity index (χ2v) is 5.53. The van der Waals surface area contributed by atoms with Crippen molar-refractivity contribution in [3.05, 3.63) is 23.8 Å². The summed E-state index contributed by atoms with van der Waals surface area (Å²) in [6, 6.07) is 7.34. The van der Waals surface area contributed by atoms with Gasteiger partial charge in [-0.05, 0) is 25.0 Å². The molecule has 108 valence electrons. The van der Waals surface area contributed by atoms with E-state index in [0.29, 0.717) is 30.2 Å². The molecule has 4 heteroatoms. The lowest BCUT2D eigenvalue weighted by Crippen LogP contribution is -2.38. The van der Waals surface area contributed by atoms with Gasteiger partial charge in [0.1, 0.15) is 0 Å². The van der Waals surface area contributed by atoms with Crippen LogP contribution in [0.15, 0.2) is 18.2 Å². The van der Waals surface area contributed by atoms with Crippen LogP contribution < -0.4 is 15.2 Å². The van der Waals surface area contributed by atoms with Crippen LogP contribution in [0.5, 0.6) is 11.5 Å². The average Bonchev–Trinajstić information content (AvgIpc) is 2.53. The molecule has 20 heavy (non-hydrogen) atoms. The fraction of sp³-hybridized carbons (Fsp3) is 0.562. The summed E-state index contributed by atoms with van der Waals surface area (Å²) in [5.74, 6) is 1.29. The van der Waals surface area contributed by atoms with Crippen molar-refractivity contribution in [2.75, 3.05) is 20.3 Å². The smallest absolute Gasteiger partial charge is 0.162 e. The van der Waals surface area contributed by atoms with Crippen molar-refractivity contribution in [3.63, 3.8) is 0 Å². The number of hydrogen-bond acceptors (Lipinski definition) is 4. The molecule has 1 aliphatic carbocycles. The third kappa shape index (κ3) is 3.23. The summed E-state index contributed by atoms with van der Waals surface area (Å²) in [5.41, 5.74) is 6.63. The molecule has 2 rings (SSSR count). The van der Waals surface area contributed by atoms with Gasteiger partial charge in [0, 0.05) is 18.0 Å². The second kappa shape index (κ2) is 6.62. The number of hydrogen-bond donors (Lipinski definition) is 1. The maximum Gasteiger partial charge on any atom is 0.162 e. The van der Waals surface area contributed by atoms with Crippen LogP contribution in [0.2, 0.25) is 0 Å². The minimum absolute atomic E-state index is 0.0944. The number of nitriles is 1. The number of nitrogens with zero attached hydrogens (tertiary/aromatic N) is 1. The van der Waals surface area contributed by atoms with Gasteiger partial charge >= 0.3 is 0 Å². The van der Waals surface area contributed by atoms with E-state index in [1.165, 1.54) is 19.3 Å². The molecule has 0 aliphatic heterocycles. The van der Waals surface area contributed by atoms with Gasteiger partial charge in [-0.3, -0.25) is 0 Å². The molecule has 1 aromatic carbocycles. The Bertz CT molecular complexity index is 488. The van der Waals surface area contributed by atoms with Gasteiger partial charge in [0.2, 0.25) is 0 Å². The fourth-order valence-electron chi connectivity index (χ4n) is 2.80. The summed E-state index contributed by atoms with van der Waals surface area (Å²) in [7, 11) is 1.59. The van der Waals surface area contributed by atoms with Gasteiger partial charge in [-0.2, -0.15) is 5.26 Å². The van der Waals surface area contributed by atoms with Crippen molar-refractivity contribution in [2.24, 2.45) is 11.1 Å². The molecule has 1 saturated carbocycles. The second-order valence-electron chi connectivity index (χ2n) is 5.53. The first-order valence-electron chi connectivity index (χ1n) is 7.14. The Labute approximate surface area is 120 Å². The minimum Gasteiger partial charge on any atom is -0.493 e. The molecule has 1 aliphatic rings. The van der Waals surface area contributed by atoms with Gasteiger partial charge in [0.25, 0.3) is 0 Å². The average molecular weight is 274 g/mol. The van der Waals surface area contributed by atoms with Crippen LogP contribution in [-0.4, -0.2) is 20.3 Å². The molecular weight excluding hydrogens is 252 g/mol. The van der Waals surface area contributed by atoms with Crippen LogP contribution in [0.1, 0.15) is 37.7 Å². The van der Waals surface area contributed by atoms with Crippen LogP contribution in [0.4, 0.5) is 0 Å². The highest BCUT2D eigenvalue weighted by atomic mass is 16.5.